The van der Waals surface area contributed by atoms with E-state index in [1.807, 2.05) is 33.0 Å². The number of carbonyl (C=O) groups excluding carboxylic acids is 2. The van der Waals surface area contributed by atoms with Crippen molar-refractivity contribution in [2.75, 3.05) is 6.61 Å². The van der Waals surface area contributed by atoms with Crippen molar-refractivity contribution >= 4 is 35.3 Å². The monoisotopic (exact) mass is 665 g/mol. The molecule has 0 aliphatic carbocycles. The third-order valence-electron chi connectivity index (χ3n) is 8.20. The number of halogens is 3. The predicted molar refractivity (Wildman–Crippen MR) is 177 cm³/mol. The molecule has 2 aliphatic heterocycles. The lowest BCUT2D eigenvalue weighted by atomic mass is 9.75. The first-order chi connectivity index (χ1) is 22.2. The van der Waals surface area contributed by atoms with Gasteiger partial charge >= 0.3 is 12.6 Å². The fourth-order valence-electron chi connectivity index (χ4n) is 6.04. The number of aliphatic imine (C=N–C) groups is 1. The summed E-state index contributed by atoms with van der Waals surface area (Å²) in [6, 6.07) is 11.4. The van der Waals surface area contributed by atoms with Gasteiger partial charge in [-0.2, -0.15) is 13.9 Å². The smallest absolute Gasteiger partial charge is 0.404 e. The zero-order chi connectivity index (χ0) is 34.1. The minimum absolute atomic E-state index is 0.0555. The molecule has 0 bridgehead atoms. The highest BCUT2D eigenvalue weighted by atomic mass is 35.5. The third kappa shape index (κ3) is 7.02. The van der Waals surface area contributed by atoms with E-state index in [4.69, 9.17) is 32.8 Å². The summed E-state index contributed by atoms with van der Waals surface area (Å²) in [5.41, 5.74) is 13.9. The lowest BCUT2D eigenvalue weighted by Crippen LogP contribution is -2.47. The maximum Gasteiger partial charge on any atom is 0.404 e. The van der Waals surface area contributed by atoms with E-state index >= 15 is 0 Å². The lowest BCUT2D eigenvalue weighted by Gasteiger charge is -2.35. The Morgan fingerprint density at radius 3 is 2.51 bits per heavy atom. The van der Waals surface area contributed by atoms with Gasteiger partial charge in [0.15, 0.2) is 11.5 Å². The van der Waals surface area contributed by atoms with Crippen LogP contribution in [0.4, 0.5) is 13.6 Å². The number of primary amides is 1. The van der Waals surface area contributed by atoms with Crippen LogP contribution < -0.4 is 16.8 Å². The molecule has 47 heavy (non-hydrogen) atoms. The molecule has 13 heteroatoms. The first-order valence-electron chi connectivity index (χ1n) is 15.2. The second-order valence-electron chi connectivity index (χ2n) is 12.8. The molecule has 1 unspecified atom stereocenters. The van der Waals surface area contributed by atoms with Gasteiger partial charge < -0.3 is 21.5 Å². The van der Waals surface area contributed by atoms with Gasteiger partial charge in [-0.25, -0.2) is 14.5 Å². The van der Waals surface area contributed by atoms with Crippen LogP contribution in [0.5, 0.6) is 0 Å². The molecule has 0 fully saturated rings. The highest BCUT2D eigenvalue weighted by Gasteiger charge is 2.53. The number of alkyl halides is 2. The summed E-state index contributed by atoms with van der Waals surface area (Å²) in [6.07, 6.45) is 8.79. The van der Waals surface area contributed by atoms with Crippen molar-refractivity contribution in [3.8, 4) is 11.1 Å². The van der Waals surface area contributed by atoms with Gasteiger partial charge in [-0.1, -0.05) is 81.8 Å². The number of benzene rings is 2. The topological polar surface area (TPSA) is 141 Å². The van der Waals surface area contributed by atoms with Crippen LogP contribution >= 0.6 is 11.6 Å². The van der Waals surface area contributed by atoms with E-state index in [2.05, 4.69) is 29.5 Å². The van der Waals surface area contributed by atoms with Gasteiger partial charge in [0.25, 0.3) is 5.91 Å². The van der Waals surface area contributed by atoms with Crippen molar-refractivity contribution in [3.05, 3.63) is 94.9 Å². The molecule has 3 aromatic rings. The molecular formula is C34H38ClF2N7O3. The van der Waals surface area contributed by atoms with Crippen molar-refractivity contribution in [1.82, 2.24) is 20.0 Å². The molecule has 5 N–H and O–H groups in total. The van der Waals surface area contributed by atoms with Gasteiger partial charge in [-0.05, 0) is 59.2 Å². The second kappa shape index (κ2) is 13.2. The predicted octanol–water partition coefficient (Wildman–Crippen LogP) is 6.71. The highest BCUT2D eigenvalue weighted by Crippen LogP contribution is 2.45. The third-order valence-corrected chi connectivity index (χ3v) is 8.53. The van der Waals surface area contributed by atoms with Gasteiger partial charge in [-0.15, -0.1) is 0 Å². The Labute approximate surface area is 277 Å². The number of allylic oxidation sites excluding steroid dienone is 2. The summed E-state index contributed by atoms with van der Waals surface area (Å²) in [4.78, 5) is 32.7. The Balaban J connectivity index is 1.56. The van der Waals surface area contributed by atoms with E-state index in [9.17, 15) is 18.4 Å². The Morgan fingerprint density at radius 1 is 1.17 bits per heavy atom. The molecule has 10 nitrogen and oxygen atoms in total. The summed E-state index contributed by atoms with van der Waals surface area (Å²) in [7, 11) is 0. The maximum atomic E-state index is 14.7. The largest absolute Gasteiger partial charge is 0.447 e. The van der Waals surface area contributed by atoms with Crippen molar-refractivity contribution in [2.45, 2.75) is 58.7 Å². The average molecular weight is 666 g/mol. The molecule has 2 aliphatic rings. The molecule has 3 heterocycles. The van der Waals surface area contributed by atoms with Crippen LogP contribution in [0.25, 0.3) is 16.8 Å². The summed E-state index contributed by atoms with van der Waals surface area (Å²) >= 11 is 6.66. The lowest BCUT2D eigenvalue weighted by molar-refractivity contribution is -0.135. The normalized spacial score (nSPS) is 20.2. The van der Waals surface area contributed by atoms with Crippen molar-refractivity contribution in [2.24, 2.45) is 27.8 Å². The number of rotatable bonds is 10. The summed E-state index contributed by atoms with van der Waals surface area (Å²) in [6.45, 7) is 5.01. The standard InChI is InChI=1S/C34H38ClF2N7O3/c1-5-20-12-13-40-27(14-20)25-15-22(8-11-26(25)35)28(18-47-32(39)46)44-29(45)34(42-31(44)38,19-33(2,3)4)24-9-6-21(7-10-24)23-16-41-43(17-23)30(36)37/h6-17,20,28,30,40H,5,18-19H2,1-4H3,(H2,38,42)(H2,39,46)/t20?,28-,34-/m1/s1. The van der Waals surface area contributed by atoms with Crippen LogP contribution in [0.3, 0.4) is 0 Å². The van der Waals surface area contributed by atoms with Crippen molar-refractivity contribution < 1.29 is 23.1 Å². The van der Waals surface area contributed by atoms with Crippen LogP contribution in [0, 0.1) is 11.3 Å². The average Bonchev–Trinajstić information content (AvgIpc) is 3.61. The van der Waals surface area contributed by atoms with E-state index in [0.29, 0.717) is 37.5 Å². The number of hydrogen-bond acceptors (Lipinski definition) is 7. The Hall–Kier alpha value is -4.71. The Kier molecular flexibility index (Phi) is 9.44. The summed E-state index contributed by atoms with van der Waals surface area (Å²) in [5, 5.41) is 7.45. The number of hydrogen-bond donors (Lipinski definition) is 3. The second-order valence-corrected chi connectivity index (χ2v) is 13.3. The van der Waals surface area contributed by atoms with Crippen LogP contribution in [0.1, 0.15) is 69.8 Å². The van der Waals surface area contributed by atoms with E-state index in [1.165, 1.54) is 17.3 Å². The van der Waals surface area contributed by atoms with Gasteiger partial charge in [0.05, 0.1) is 12.2 Å². The first-order valence-corrected chi connectivity index (χ1v) is 15.6. The van der Waals surface area contributed by atoms with E-state index < -0.39 is 30.1 Å². The maximum absolute atomic E-state index is 14.7. The molecule has 0 saturated carbocycles. The molecule has 5 rings (SSSR count). The van der Waals surface area contributed by atoms with Gasteiger partial charge in [0.2, 0.25) is 0 Å². The number of dihydropyridines is 1. The summed E-state index contributed by atoms with van der Waals surface area (Å²) in [5.74, 6) is -0.255. The van der Waals surface area contributed by atoms with Crippen LogP contribution in [-0.4, -0.2) is 39.2 Å². The zero-order valence-corrected chi connectivity index (χ0v) is 27.3. The zero-order valence-electron chi connectivity index (χ0n) is 26.6. The highest BCUT2D eigenvalue weighted by molar-refractivity contribution is 6.32. The fourth-order valence-corrected chi connectivity index (χ4v) is 6.26. The molecular weight excluding hydrogens is 628 g/mol. The number of nitrogens with one attached hydrogen (secondary N) is 1. The van der Waals surface area contributed by atoms with E-state index in [1.54, 1.807) is 36.4 Å². The molecule has 0 saturated heterocycles. The van der Waals surface area contributed by atoms with Crippen LogP contribution in [-0.2, 0) is 15.1 Å². The molecule has 3 atom stereocenters. The van der Waals surface area contributed by atoms with Gasteiger partial charge in [0, 0.05) is 28.0 Å². The number of ether oxygens (including phenoxy) is 1. The minimum Gasteiger partial charge on any atom is -0.447 e. The Bertz CT molecular complexity index is 1750. The van der Waals surface area contributed by atoms with Crippen molar-refractivity contribution in [3.63, 3.8) is 0 Å². The van der Waals surface area contributed by atoms with E-state index in [0.717, 1.165) is 12.1 Å². The molecule has 248 valence electrons. The number of nitrogens with two attached hydrogens (primary N) is 2. The number of aromatic nitrogens is 2. The number of nitrogens with zero attached hydrogens (tertiary/aromatic N) is 4. The number of carbonyl (C=O) groups is 2. The van der Waals surface area contributed by atoms with E-state index in [-0.39, 0.29) is 30.3 Å². The van der Waals surface area contributed by atoms with Crippen LogP contribution in [0.15, 0.2) is 78.2 Å². The minimum atomic E-state index is -2.76. The van der Waals surface area contributed by atoms with Gasteiger partial charge in [0.1, 0.15) is 6.61 Å². The SMILES string of the molecule is CCC1C=CNC(c2cc([C@@H](COC(N)=O)N3C(=O)[C@@](CC(C)(C)C)(c4ccc(-c5cnn(C(F)F)c5)cc4)N=C3N)ccc2Cl)=C1. The number of guanidine groups is 1. The quantitative estimate of drug-likeness (QED) is 0.220. The molecule has 0 radical (unpaired) electrons. The van der Waals surface area contributed by atoms with Crippen molar-refractivity contribution in [1.29, 1.82) is 0 Å². The molecule has 0 spiro atoms. The Morgan fingerprint density at radius 2 is 1.89 bits per heavy atom. The molecule has 2 aromatic carbocycles. The number of amides is 2. The van der Waals surface area contributed by atoms with Gasteiger partial charge in [-0.3, -0.25) is 9.69 Å². The van der Waals surface area contributed by atoms with Crippen LogP contribution in [0.2, 0.25) is 5.02 Å². The first kappa shape index (κ1) is 33.6. The molecule has 1 aromatic heterocycles. The fraction of sp³-hybridized carbons (Fsp3) is 0.353. The summed E-state index contributed by atoms with van der Waals surface area (Å²) < 4.78 is 32.1. The molecule has 2 amide bonds.